The molecule has 0 spiro atoms. The minimum absolute atomic E-state index is 0.0388. The van der Waals surface area contributed by atoms with E-state index in [-0.39, 0.29) is 5.78 Å². The predicted octanol–water partition coefficient (Wildman–Crippen LogP) is 5.65. The summed E-state index contributed by atoms with van der Waals surface area (Å²) in [6, 6.07) is 21.7. The van der Waals surface area contributed by atoms with Crippen LogP contribution in [-0.4, -0.2) is 10.8 Å². The first-order valence-electron chi connectivity index (χ1n) is 9.10. The molecule has 4 heteroatoms. The number of nitrogen functional groups attached to an aromatic ring is 1. The van der Waals surface area contributed by atoms with Crippen LogP contribution in [0.5, 0.6) is 0 Å². The lowest BCUT2D eigenvalue weighted by atomic mass is 9.99. The number of aromatic nitrogens is 1. The van der Waals surface area contributed by atoms with Gasteiger partial charge in [0, 0.05) is 22.6 Å². The molecule has 27 heavy (non-hydrogen) atoms. The zero-order valence-electron chi connectivity index (χ0n) is 14.7. The molecule has 1 saturated carbocycles. The van der Waals surface area contributed by atoms with E-state index >= 15 is 0 Å². The van der Waals surface area contributed by atoms with Crippen LogP contribution in [0.4, 0.5) is 5.69 Å². The smallest absolute Gasteiger partial charge is 0.205 e. The maximum Gasteiger partial charge on any atom is 0.205 e. The molecule has 2 N–H and O–H groups in total. The number of ketones is 1. The van der Waals surface area contributed by atoms with Crippen LogP contribution < -0.4 is 5.73 Å². The van der Waals surface area contributed by atoms with Gasteiger partial charge in [0.1, 0.15) is 9.71 Å². The molecule has 0 aliphatic heterocycles. The Kier molecular flexibility index (Phi) is 3.80. The largest absolute Gasteiger partial charge is 0.397 e. The number of hydrogen-bond acceptors (Lipinski definition) is 4. The Bertz CT molecular complexity index is 1150. The molecule has 2 heterocycles. The molecule has 0 bridgehead atoms. The fourth-order valence-corrected chi connectivity index (χ4v) is 4.55. The van der Waals surface area contributed by atoms with Crippen molar-refractivity contribution in [3.63, 3.8) is 0 Å². The number of nitrogens with zero attached hydrogens (tertiary/aromatic N) is 1. The summed E-state index contributed by atoms with van der Waals surface area (Å²) in [6.45, 7) is 0. The van der Waals surface area contributed by atoms with Gasteiger partial charge >= 0.3 is 0 Å². The summed E-state index contributed by atoms with van der Waals surface area (Å²) < 4.78 is 0. The van der Waals surface area contributed by atoms with Gasteiger partial charge in [0.25, 0.3) is 0 Å². The van der Waals surface area contributed by atoms with Gasteiger partial charge < -0.3 is 5.73 Å². The van der Waals surface area contributed by atoms with Gasteiger partial charge in [-0.2, -0.15) is 0 Å². The lowest BCUT2D eigenvalue weighted by Gasteiger charge is -2.08. The maximum atomic E-state index is 13.0. The summed E-state index contributed by atoms with van der Waals surface area (Å²) in [6.07, 6.45) is 2.37. The van der Waals surface area contributed by atoms with Crippen molar-refractivity contribution in [3.05, 3.63) is 82.9 Å². The standard InChI is InChI=1S/C23H18N2OS/c24-20-19-17(14-7-3-1-4-8-14)13-18(15-11-12-15)25-23(19)27-22(20)21(26)16-9-5-2-6-10-16/h1-10,13,15H,11-12,24H2. The first-order chi connectivity index (χ1) is 13.2. The Morgan fingerprint density at radius 1 is 1.00 bits per heavy atom. The molecule has 4 aromatic rings. The Hall–Kier alpha value is -2.98. The molecule has 132 valence electrons. The summed E-state index contributed by atoms with van der Waals surface area (Å²) in [5.74, 6) is 0.497. The van der Waals surface area contributed by atoms with E-state index in [9.17, 15) is 4.79 Å². The zero-order valence-corrected chi connectivity index (χ0v) is 15.5. The van der Waals surface area contributed by atoms with Crippen LogP contribution in [0.3, 0.4) is 0 Å². The van der Waals surface area contributed by atoms with Gasteiger partial charge in [-0.05, 0) is 30.0 Å². The number of carbonyl (C=O) groups is 1. The summed E-state index contributed by atoms with van der Waals surface area (Å²) in [4.78, 5) is 19.3. The molecular formula is C23H18N2OS. The second-order valence-electron chi connectivity index (χ2n) is 6.96. The lowest BCUT2D eigenvalue weighted by Crippen LogP contribution is -2.01. The highest BCUT2D eigenvalue weighted by molar-refractivity contribution is 7.21. The number of benzene rings is 2. The van der Waals surface area contributed by atoms with Gasteiger partial charge in [0.05, 0.1) is 5.69 Å². The van der Waals surface area contributed by atoms with Crippen molar-refractivity contribution in [3.8, 4) is 11.1 Å². The highest BCUT2D eigenvalue weighted by Crippen LogP contribution is 2.45. The third-order valence-corrected chi connectivity index (χ3v) is 6.14. The summed E-state index contributed by atoms with van der Waals surface area (Å²) >= 11 is 1.41. The monoisotopic (exact) mass is 370 g/mol. The number of nitrogens with two attached hydrogens (primary N) is 1. The number of hydrogen-bond donors (Lipinski definition) is 1. The molecule has 2 aromatic carbocycles. The van der Waals surface area contributed by atoms with E-state index in [1.54, 1.807) is 0 Å². The number of anilines is 1. The van der Waals surface area contributed by atoms with Gasteiger partial charge in [-0.3, -0.25) is 4.79 Å². The van der Waals surface area contributed by atoms with E-state index in [4.69, 9.17) is 10.7 Å². The first kappa shape index (κ1) is 16.2. The van der Waals surface area contributed by atoms with Gasteiger partial charge in [-0.1, -0.05) is 60.7 Å². The minimum atomic E-state index is -0.0388. The van der Waals surface area contributed by atoms with Crippen LogP contribution in [0.2, 0.25) is 0 Å². The fourth-order valence-electron chi connectivity index (χ4n) is 3.46. The van der Waals surface area contributed by atoms with Gasteiger partial charge in [0.2, 0.25) is 5.78 Å². The van der Waals surface area contributed by atoms with Crippen LogP contribution in [0.15, 0.2) is 66.7 Å². The molecule has 0 saturated heterocycles. The van der Waals surface area contributed by atoms with Crippen molar-refractivity contribution in [1.82, 2.24) is 4.98 Å². The van der Waals surface area contributed by atoms with Crippen molar-refractivity contribution < 1.29 is 4.79 Å². The quantitative estimate of drug-likeness (QED) is 0.472. The number of carbonyl (C=O) groups excluding carboxylic acids is 1. The molecule has 0 amide bonds. The normalized spacial score (nSPS) is 13.8. The van der Waals surface area contributed by atoms with Crippen molar-refractivity contribution >= 4 is 33.0 Å². The van der Waals surface area contributed by atoms with Gasteiger partial charge in [0.15, 0.2) is 0 Å². The molecule has 5 rings (SSSR count). The third-order valence-electron chi connectivity index (χ3n) is 5.04. The van der Waals surface area contributed by atoms with Crippen LogP contribution in [0.25, 0.3) is 21.3 Å². The van der Waals surface area contributed by atoms with Crippen molar-refractivity contribution in [2.24, 2.45) is 0 Å². The average Bonchev–Trinajstić information content (AvgIpc) is 3.52. The van der Waals surface area contributed by atoms with E-state index in [0.29, 0.717) is 22.0 Å². The SMILES string of the molecule is Nc1c(C(=O)c2ccccc2)sc2nc(C3CC3)cc(-c3ccccc3)c12. The first-order valence-corrected chi connectivity index (χ1v) is 9.92. The van der Waals surface area contributed by atoms with E-state index < -0.39 is 0 Å². The van der Waals surface area contributed by atoms with Gasteiger partial charge in [-0.25, -0.2) is 4.98 Å². The molecule has 1 fully saturated rings. The topological polar surface area (TPSA) is 56.0 Å². The summed E-state index contributed by atoms with van der Waals surface area (Å²) in [5, 5.41) is 0.898. The fraction of sp³-hybridized carbons (Fsp3) is 0.130. The van der Waals surface area contributed by atoms with Crippen molar-refractivity contribution in [2.75, 3.05) is 5.73 Å². The minimum Gasteiger partial charge on any atom is -0.397 e. The van der Waals surface area contributed by atoms with E-state index in [1.807, 2.05) is 48.5 Å². The Morgan fingerprint density at radius 3 is 2.33 bits per heavy atom. The molecule has 1 aliphatic rings. The number of rotatable bonds is 4. The highest BCUT2D eigenvalue weighted by atomic mass is 32.1. The van der Waals surface area contributed by atoms with Gasteiger partial charge in [-0.15, -0.1) is 11.3 Å². The summed E-state index contributed by atoms with van der Waals surface area (Å²) in [5.41, 5.74) is 11.0. The highest BCUT2D eigenvalue weighted by Gasteiger charge is 2.28. The second-order valence-corrected chi connectivity index (χ2v) is 7.95. The molecule has 3 nitrogen and oxygen atoms in total. The van der Waals surface area contributed by atoms with Crippen molar-refractivity contribution in [2.45, 2.75) is 18.8 Å². The van der Waals surface area contributed by atoms with E-state index in [0.717, 1.165) is 27.0 Å². The van der Waals surface area contributed by atoms with E-state index in [1.165, 1.54) is 24.2 Å². The number of thiophene rings is 1. The Morgan fingerprint density at radius 2 is 1.67 bits per heavy atom. The second kappa shape index (κ2) is 6.32. The zero-order chi connectivity index (χ0) is 18.4. The molecule has 1 aliphatic carbocycles. The van der Waals surface area contributed by atoms with Crippen LogP contribution in [-0.2, 0) is 0 Å². The van der Waals surface area contributed by atoms with Crippen LogP contribution in [0.1, 0.15) is 39.7 Å². The maximum absolute atomic E-state index is 13.0. The molecule has 0 atom stereocenters. The molecule has 0 radical (unpaired) electrons. The Labute approximate surface area is 161 Å². The van der Waals surface area contributed by atoms with E-state index in [2.05, 4.69) is 18.2 Å². The molecule has 0 unspecified atom stereocenters. The van der Waals surface area contributed by atoms with Crippen LogP contribution in [0, 0.1) is 0 Å². The lowest BCUT2D eigenvalue weighted by molar-refractivity contribution is 0.104. The molecule has 2 aromatic heterocycles. The number of pyridine rings is 1. The average molecular weight is 370 g/mol. The van der Waals surface area contributed by atoms with Crippen LogP contribution >= 0.6 is 11.3 Å². The summed E-state index contributed by atoms with van der Waals surface area (Å²) in [7, 11) is 0. The Balaban J connectivity index is 1.74. The molecular weight excluding hydrogens is 352 g/mol. The third kappa shape index (κ3) is 2.82. The van der Waals surface area contributed by atoms with Crippen molar-refractivity contribution in [1.29, 1.82) is 0 Å². The number of fused-ring (bicyclic) bond motifs is 1. The predicted molar refractivity (Wildman–Crippen MR) is 111 cm³/mol.